The van der Waals surface area contributed by atoms with Crippen molar-refractivity contribution in [2.45, 2.75) is 23.1 Å². The van der Waals surface area contributed by atoms with E-state index in [4.69, 9.17) is 16.3 Å². The molecule has 0 amide bonds. The smallest absolute Gasteiger partial charge is 0.123 e. The van der Waals surface area contributed by atoms with Gasteiger partial charge in [0.2, 0.25) is 0 Å². The fraction of sp³-hybridized carbons (Fsp3) is 0.200. The van der Waals surface area contributed by atoms with Gasteiger partial charge in [0.1, 0.15) is 5.75 Å². The van der Waals surface area contributed by atoms with Gasteiger partial charge >= 0.3 is 0 Å². The molecule has 0 bridgehead atoms. The minimum Gasteiger partial charge on any atom is -0.496 e. The molecule has 0 spiro atoms. The summed E-state index contributed by atoms with van der Waals surface area (Å²) in [6.45, 7) is 2.13. The van der Waals surface area contributed by atoms with Crippen LogP contribution in [-0.2, 0) is 6.42 Å². The van der Waals surface area contributed by atoms with E-state index in [-0.39, 0.29) is 0 Å². The molecule has 2 aromatic rings. The SMILES string of the molecule is CCc1ccc(Sc2ccc(Cl)cc2)cc1OC. The molecule has 0 atom stereocenters. The number of benzene rings is 2. The van der Waals surface area contributed by atoms with Crippen LogP contribution in [0.1, 0.15) is 12.5 Å². The second-order valence-electron chi connectivity index (χ2n) is 3.88. The van der Waals surface area contributed by atoms with Crippen molar-refractivity contribution in [3.63, 3.8) is 0 Å². The molecular weight excluding hydrogens is 264 g/mol. The van der Waals surface area contributed by atoms with Crippen LogP contribution in [0.2, 0.25) is 5.02 Å². The summed E-state index contributed by atoms with van der Waals surface area (Å²) >= 11 is 7.58. The summed E-state index contributed by atoms with van der Waals surface area (Å²) in [5.74, 6) is 0.955. The predicted molar refractivity (Wildman–Crippen MR) is 77.9 cm³/mol. The molecule has 0 radical (unpaired) electrons. The number of halogens is 1. The van der Waals surface area contributed by atoms with Gasteiger partial charge in [-0.25, -0.2) is 0 Å². The Bertz CT molecular complexity index is 523. The molecule has 18 heavy (non-hydrogen) atoms. The number of ether oxygens (including phenoxy) is 1. The van der Waals surface area contributed by atoms with E-state index in [9.17, 15) is 0 Å². The summed E-state index contributed by atoms with van der Waals surface area (Å²) in [4.78, 5) is 2.34. The minimum absolute atomic E-state index is 0.762. The molecule has 0 aliphatic carbocycles. The summed E-state index contributed by atoms with van der Waals surface area (Å²) in [6, 6.07) is 14.2. The van der Waals surface area contributed by atoms with Gasteiger partial charge in [0.25, 0.3) is 0 Å². The topological polar surface area (TPSA) is 9.23 Å². The average molecular weight is 279 g/mol. The first-order valence-corrected chi connectivity index (χ1v) is 7.02. The third-order valence-corrected chi connectivity index (χ3v) is 3.94. The Morgan fingerprint density at radius 1 is 1.06 bits per heavy atom. The fourth-order valence-electron chi connectivity index (χ4n) is 1.72. The lowest BCUT2D eigenvalue weighted by Gasteiger charge is -2.09. The van der Waals surface area contributed by atoms with Crippen molar-refractivity contribution < 1.29 is 4.74 Å². The van der Waals surface area contributed by atoms with E-state index in [0.717, 1.165) is 17.2 Å². The molecule has 0 aliphatic rings. The van der Waals surface area contributed by atoms with Crippen LogP contribution in [0.4, 0.5) is 0 Å². The maximum Gasteiger partial charge on any atom is 0.123 e. The van der Waals surface area contributed by atoms with Crippen molar-refractivity contribution in [1.29, 1.82) is 0 Å². The van der Waals surface area contributed by atoms with Crippen LogP contribution in [0.25, 0.3) is 0 Å². The lowest BCUT2D eigenvalue weighted by atomic mass is 10.1. The summed E-state index contributed by atoms with van der Waals surface area (Å²) in [5, 5.41) is 0.762. The number of rotatable bonds is 4. The molecule has 3 heteroatoms. The van der Waals surface area contributed by atoms with E-state index < -0.39 is 0 Å². The summed E-state index contributed by atoms with van der Waals surface area (Å²) in [6.07, 6.45) is 0.981. The van der Waals surface area contributed by atoms with Crippen molar-refractivity contribution >= 4 is 23.4 Å². The normalized spacial score (nSPS) is 10.4. The van der Waals surface area contributed by atoms with Crippen LogP contribution in [0.5, 0.6) is 5.75 Å². The van der Waals surface area contributed by atoms with Crippen LogP contribution in [0.3, 0.4) is 0 Å². The molecule has 2 rings (SSSR count). The molecule has 2 aromatic carbocycles. The quantitative estimate of drug-likeness (QED) is 0.773. The molecular formula is C15H15ClOS. The zero-order valence-corrected chi connectivity index (χ0v) is 12.0. The van der Waals surface area contributed by atoms with Gasteiger partial charge in [-0.05, 0) is 48.4 Å². The highest BCUT2D eigenvalue weighted by Gasteiger charge is 2.04. The number of methoxy groups -OCH3 is 1. The zero-order chi connectivity index (χ0) is 13.0. The summed E-state index contributed by atoms with van der Waals surface area (Å²) < 4.78 is 5.40. The second-order valence-corrected chi connectivity index (χ2v) is 5.47. The Hall–Kier alpha value is -1.12. The number of hydrogen-bond donors (Lipinski definition) is 0. The molecule has 0 saturated carbocycles. The van der Waals surface area contributed by atoms with Crippen molar-refractivity contribution in [3.05, 3.63) is 53.1 Å². The Labute approximate surface area is 117 Å². The molecule has 0 aliphatic heterocycles. The van der Waals surface area contributed by atoms with E-state index in [1.807, 2.05) is 24.3 Å². The maximum atomic E-state index is 5.87. The van der Waals surface area contributed by atoms with Crippen molar-refractivity contribution in [3.8, 4) is 5.75 Å². The number of hydrogen-bond acceptors (Lipinski definition) is 2. The van der Waals surface area contributed by atoms with Crippen molar-refractivity contribution in [2.24, 2.45) is 0 Å². The van der Waals surface area contributed by atoms with Crippen LogP contribution in [0, 0.1) is 0 Å². The first-order valence-electron chi connectivity index (χ1n) is 5.83. The zero-order valence-electron chi connectivity index (χ0n) is 10.4. The Morgan fingerprint density at radius 2 is 1.72 bits per heavy atom. The van der Waals surface area contributed by atoms with E-state index in [1.54, 1.807) is 18.9 Å². The summed E-state index contributed by atoms with van der Waals surface area (Å²) in [7, 11) is 1.71. The maximum absolute atomic E-state index is 5.87. The van der Waals surface area contributed by atoms with Crippen molar-refractivity contribution in [2.75, 3.05) is 7.11 Å². The van der Waals surface area contributed by atoms with Gasteiger partial charge < -0.3 is 4.74 Å². The van der Waals surface area contributed by atoms with Gasteiger partial charge in [-0.3, -0.25) is 0 Å². The van der Waals surface area contributed by atoms with Crippen LogP contribution >= 0.6 is 23.4 Å². The van der Waals surface area contributed by atoms with Crippen molar-refractivity contribution in [1.82, 2.24) is 0 Å². The van der Waals surface area contributed by atoms with Crippen LogP contribution in [-0.4, -0.2) is 7.11 Å². The Kier molecular flexibility index (Phi) is 4.56. The van der Waals surface area contributed by atoms with Gasteiger partial charge in [0.15, 0.2) is 0 Å². The van der Waals surface area contributed by atoms with Gasteiger partial charge in [-0.2, -0.15) is 0 Å². The lowest BCUT2D eigenvalue weighted by molar-refractivity contribution is 0.409. The highest BCUT2D eigenvalue weighted by atomic mass is 35.5. The third kappa shape index (κ3) is 3.21. The standard InChI is InChI=1S/C15H15ClOS/c1-3-11-4-7-14(10-15(11)17-2)18-13-8-5-12(16)6-9-13/h4-10H,3H2,1-2H3. The molecule has 0 aromatic heterocycles. The monoisotopic (exact) mass is 278 g/mol. The Balaban J connectivity index is 2.21. The van der Waals surface area contributed by atoms with E-state index in [0.29, 0.717) is 0 Å². The van der Waals surface area contributed by atoms with Gasteiger partial charge in [-0.1, -0.05) is 36.4 Å². The largest absolute Gasteiger partial charge is 0.496 e. The van der Waals surface area contributed by atoms with E-state index in [1.165, 1.54) is 15.4 Å². The molecule has 0 heterocycles. The molecule has 0 fully saturated rings. The molecule has 94 valence electrons. The van der Waals surface area contributed by atoms with Gasteiger partial charge in [0.05, 0.1) is 7.11 Å². The molecule has 0 unspecified atom stereocenters. The van der Waals surface area contributed by atoms with Crippen LogP contribution < -0.4 is 4.74 Å². The van der Waals surface area contributed by atoms with Gasteiger partial charge in [0, 0.05) is 14.8 Å². The van der Waals surface area contributed by atoms with E-state index in [2.05, 4.69) is 25.1 Å². The second kappa shape index (κ2) is 6.17. The minimum atomic E-state index is 0.762. The number of aryl methyl sites for hydroxylation is 1. The Morgan fingerprint density at radius 3 is 2.33 bits per heavy atom. The first kappa shape index (κ1) is 13.3. The third-order valence-electron chi connectivity index (χ3n) is 2.69. The fourth-order valence-corrected chi connectivity index (χ4v) is 2.69. The molecule has 0 saturated heterocycles. The first-order chi connectivity index (χ1) is 8.72. The molecule has 0 N–H and O–H groups in total. The predicted octanol–water partition coefficient (Wildman–Crippen LogP) is 5.06. The van der Waals surface area contributed by atoms with E-state index >= 15 is 0 Å². The van der Waals surface area contributed by atoms with Crippen LogP contribution in [0.15, 0.2) is 52.3 Å². The lowest BCUT2D eigenvalue weighted by Crippen LogP contribution is -1.90. The van der Waals surface area contributed by atoms with Gasteiger partial charge in [-0.15, -0.1) is 0 Å². The molecule has 1 nitrogen and oxygen atoms in total. The highest BCUT2D eigenvalue weighted by Crippen LogP contribution is 2.32. The highest BCUT2D eigenvalue weighted by molar-refractivity contribution is 7.99. The summed E-state index contributed by atoms with van der Waals surface area (Å²) in [5.41, 5.74) is 1.23. The average Bonchev–Trinajstić information content (AvgIpc) is 2.41.